The van der Waals surface area contributed by atoms with Gasteiger partial charge in [-0.2, -0.15) is 0 Å². The molecule has 1 aromatic rings. The molecule has 1 fully saturated rings. The number of anilines is 1. The summed E-state index contributed by atoms with van der Waals surface area (Å²) in [4.78, 5) is 6.09. The van der Waals surface area contributed by atoms with E-state index in [4.69, 9.17) is 10.5 Å². The van der Waals surface area contributed by atoms with E-state index in [0.29, 0.717) is 24.8 Å². The highest BCUT2D eigenvalue weighted by Gasteiger charge is 2.45. The Morgan fingerprint density at radius 1 is 1.39 bits per heavy atom. The molecule has 5 heteroatoms. The van der Waals surface area contributed by atoms with Gasteiger partial charge in [-0.3, -0.25) is 9.89 Å². The molecule has 0 saturated carbocycles. The van der Waals surface area contributed by atoms with Crippen molar-refractivity contribution in [2.45, 2.75) is 18.4 Å². The van der Waals surface area contributed by atoms with Gasteiger partial charge in [0.2, 0.25) is 0 Å². The van der Waals surface area contributed by atoms with E-state index in [1.54, 1.807) is 18.2 Å². The molecule has 96 valence electrons. The number of benzene rings is 1. The Morgan fingerprint density at radius 2 is 2.22 bits per heavy atom. The van der Waals surface area contributed by atoms with E-state index in [1.165, 1.54) is 6.07 Å². The van der Waals surface area contributed by atoms with Crippen LogP contribution in [0.3, 0.4) is 0 Å². The molecule has 1 saturated heterocycles. The van der Waals surface area contributed by atoms with Gasteiger partial charge in [-0.05, 0) is 25.0 Å². The quantitative estimate of drug-likeness (QED) is 0.820. The molecule has 0 amide bonds. The normalized spacial score (nSPS) is 27.6. The van der Waals surface area contributed by atoms with Crippen LogP contribution in [0.4, 0.5) is 10.1 Å². The predicted octanol–water partition coefficient (Wildman–Crippen LogP) is 1.51. The van der Waals surface area contributed by atoms with Crippen molar-refractivity contribution >= 4 is 11.6 Å². The van der Waals surface area contributed by atoms with Gasteiger partial charge < -0.3 is 10.5 Å². The molecule has 2 aliphatic rings. The lowest BCUT2D eigenvalue weighted by atomic mass is 9.91. The lowest BCUT2D eigenvalue weighted by Gasteiger charge is -2.41. The number of aliphatic imine (C=N–C) groups is 1. The van der Waals surface area contributed by atoms with Crippen LogP contribution in [-0.2, 0) is 4.74 Å². The molecule has 1 unspecified atom stereocenters. The van der Waals surface area contributed by atoms with Gasteiger partial charge in [0.15, 0.2) is 5.96 Å². The van der Waals surface area contributed by atoms with E-state index in [9.17, 15) is 4.39 Å². The predicted molar refractivity (Wildman–Crippen MR) is 68.2 cm³/mol. The summed E-state index contributed by atoms with van der Waals surface area (Å²) >= 11 is 0. The number of halogens is 1. The van der Waals surface area contributed by atoms with Crippen LogP contribution >= 0.6 is 0 Å². The molecule has 0 bridgehead atoms. The van der Waals surface area contributed by atoms with E-state index >= 15 is 0 Å². The van der Waals surface area contributed by atoms with E-state index < -0.39 is 0 Å². The van der Waals surface area contributed by atoms with Gasteiger partial charge in [0, 0.05) is 6.61 Å². The minimum atomic E-state index is -0.301. The van der Waals surface area contributed by atoms with Crippen LogP contribution in [0.2, 0.25) is 0 Å². The summed E-state index contributed by atoms with van der Waals surface area (Å²) in [5.41, 5.74) is 6.13. The fourth-order valence-corrected chi connectivity index (χ4v) is 2.76. The average Bonchev–Trinajstić information content (AvgIpc) is 2.69. The maximum Gasteiger partial charge on any atom is 0.196 e. The van der Waals surface area contributed by atoms with Crippen LogP contribution in [0.5, 0.6) is 0 Å². The number of nitrogens with two attached hydrogens (primary N) is 1. The summed E-state index contributed by atoms with van der Waals surface area (Å²) in [6, 6.07) is 6.66. The molecule has 4 nitrogen and oxygen atoms in total. The maximum absolute atomic E-state index is 14.0. The highest BCUT2D eigenvalue weighted by Crippen LogP contribution is 2.35. The zero-order valence-corrected chi connectivity index (χ0v) is 10.1. The van der Waals surface area contributed by atoms with E-state index in [-0.39, 0.29) is 11.4 Å². The number of hydrogen-bond acceptors (Lipinski definition) is 4. The Kier molecular flexibility index (Phi) is 2.70. The molecule has 1 aromatic carbocycles. The van der Waals surface area contributed by atoms with Gasteiger partial charge in [0.25, 0.3) is 0 Å². The molecule has 2 aliphatic heterocycles. The smallest absolute Gasteiger partial charge is 0.196 e. The Hall–Kier alpha value is -1.62. The topological polar surface area (TPSA) is 50.9 Å². The lowest BCUT2D eigenvalue weighted by molar-refractivity contribution is 0.0458. The lowest BCUT2D eigenvalue weighted by Crippen LogP contribution is -2.57. The van der Waals surface area contributed by atoms with Gasteiger partial charge in [-0.25, -0.2) is 4.39 Å². The highest BCUT2D eigenvalue weighted by molar-refractivity contribution is 5.98. The SMILES string of the molecule is NC1=NCC2(CCCOC2)N1c1ccccc1F. The van der Waals surface area contributed by atoms with Crippen molar-refractivity contribution in [1.82, 2.24) is 0 Å². The van der Waals surface area contributed by atoms with Crippen LogP contribution in [-0.4, -0.2) is 31.3 Å². The largest absolute Gasteiger partial charge is 0.379 e. The van der Waals surface area contributed by atoms with Crippen molar-refractivity contribution in [2.75, 3.05) is 24.7 Å². The van der Waals surface area contributed by atoms with Crippen LogP contribution < -0.4 is 10.6 Å². The second kappa shape index (κ2) is 4.24. The molecule has 0 radical (unpaired) electrons. The number of hydrogen-bond donors (Lipinski definition) is 1. The Labute approximate surface area is 105 Å². The first-order chi connectivity index (χ1) is 8.73. The molecule has 2 heterocycles. The second-order valence-corrected chi connectivity index (χ2v) is 4.84. The fraction of sp³-hybridized carbons (Fsp3) is 0.462. The zero-order chi connectivity index (χ0) is 12.6. The first kappa shape index (κ1) is 11.5. The van der Waals surface area contributed by atoms with Crippen molar-refractivity contribution in [3.8, 4) is 0 Å². The number of nitrogens with zero attached hydrogens (tertiary/aromatic N) is 2. The molecule has 0 aliphatic carbocycles. The Morgan fingerprint density at radius 3 is 2.94 bits per heavy atom. The minimum Gasteiger partial charge on any atom is -0.379 e. The molecule has 18 heavy (non-hydrogen) atoms. The Balaban J connectivity index is 2.01. The van der Waals surface area contributed by atoms with Crippen molar-refractivity contribution < 1.29 is 9.13 Å². The molecule has 0 aromatic heterocycles. The summed E-state index contributed by atoms with van der Waals surface area (Å²) in [6.07, 6.45) is 1.87. The number of para-hydroxylation sites is 1. The summed E-state index contributed by atoms with van der Waals surface area (Å²) in [7, 11) is 0. The third-order valence-electron chi connectivity index (χ3n) is 3.63. The van der Waals surface area contributed by atoms with Gasteiger partial charge >= 0.3 is 0 Å². The van der Waals surface area contributed by atoms with Crippen molar-refractivity contribution in [3.05, 3.63) is 30.1 Å². The average molecular weight is 249 g/mol. The van der Waals surface area contributed by atoms with Gasteiger partial charge in [0.05, 0.1) is 24.4 Å². The summed E-state index contributed by atoms with van der Waals surface area (Å²) in [5.74, 6) is 0.105. The monoisotopic (exact) mass is 249 g/mol. The number of guanidine groups is 1. The first-order valence-corrected chi connectivity index (χ1v) is 6.15. The summed E-state index contributed by atoms with van der Waals surface area (Å²) in [5, 5.41) is 0. The van der Waals surface area contributed by atoms with Crippen molar-refractivity contribution in [3.63, 3.8) is 0 Å². The molecule has 1 atom stereocenters. The van der Waals surface area contributed by atoms with Crippen LogP contribution in [0.15, 0.2) is 29.3 Å². The third-order valence-corrected chi connectivity index (χ3v) is 3.63. The van der Waals surface area contributed by atoms with E-state index in [0.717, 1.165) is 19.4 Å². The molecule has 3 rings (SSSR count). The van der Waals surface area contributed by atoms with Crippen molar-refractivity contribution in [1.29, 1.82) is 0 Å². The molecule has 2 N–H and O–H groups in total. The molecule has 1 spiro atoms. The van der Waals surface area contributed by atoms with Crippen molar-refractivity contribution in [2.24, 2.45) is 10.7 Å². The van der Waals surface area contributed by atoms with Gasteiger partial charge in [0.1, 0.15) is 5.82 Å². The third kappa shape index (κ3) is 1.66. The van der Waals surface area contributed by atoms with Gasteiger partial charge in [-0.1, -0.05) is 12.1 Å². The molecular weight excluding hydrogens is 233 g/mol. The summed E-state index contributed by atoms with van der Waals surface area (Å²) < 4.78 is 19.5. The maximum atomic E-state index is 14.0. The van der Waals surface area contributed by atoms with Gasteiger partial charge in [-0.15, -0.1) is 0 Å². The van der Waals surface area contributed by atoms with Crippen LogP contribution in [0.1, 0.15) is 12.8 Å². The second-order valence-electron chi connectivity index (χ2n) is 4.84. The minimum absolute atomic E-state index is 0.275. The first-order valence-electron chi connectivity index (χ1n) is 6.15. The van der Waals surface area contributed by atoms with Crippen LogP contribution in [0, 0.1) is 5.82 Å². The van der Waals surface area contributed by atoms with E-state index in [1.807, 2.05) is 4.90 Å². The highest BCUT2D eigenvalue weighted by atomic mass is 19.1. The Bertz CT molecular complexity index is 483. The number of ether oxygens (including phenoxy) is 1. The number of rotatable bonds is 1. The van der Waals surface area contributed by atoms with Crippen LogP contribution in [0.25, 0.3) is 0 Å². The standard InChI is InChI=1S/C13H16FN3O/c14-10-4-1-2-5-11(10)17-12(15)16-8-13(17)6-3-7-18-9-13/h1-2,4-5H,3,6-9H2,(H2,15,16). The fourth-order valence-electron chi connectivity index (χ4n) is 2.76. The van der Waals surface area contributed by atoms with E-state index in [2.05, 4.69) is 4.99 Å². The summed E-state index contributed by atoms with van der Waals surface area (Å²) in [6.45, 7) is 1.88. The molecular formula is C13H16FN3O. The zero-order valence-electron chi connectivity index (χ0n) is 10.1.